The summed E-state index contributed by atoms with van der Waals surface area (Å²) in [5, 5.41) is 17.8. The molecule has 0 atom stereocenters. The summed E-state index contributed by atoms with van der Waals surface area (Å²) >= 11 is 3.24. The zero-order valence-electron chi connectivity index (χ0n) is 13.1. The van der Waals surface area contributed by atoms with Gasteiger partial charge in [0.15, 0.2) is 0 Å². The number of hydrogen-bond acceptors (Lipinski definition) is 4. The fraction of sp³-hybridized carbons (Fsp3) is 0.188. The van der Waals surface area contributed by atoms with Gasteiger partial charge in [0.1, 0.15) is 5.75 Å². The molecule has 4 N–H and O–H groups in total. The highest BCUT2D eigenvalue weighted by Gasteiger charge is 2.27. The lowest BCUT2D eigenvalue weighted by Gasteiger charge is -2.16. The van der Waals surface area contributed by atoms with Gasteiger partial charge in [0.25, 0.3) is 10.2 Å². The van der Waals surface area contributed by atoms with Gasteiger partial charge in [0.2, 0.25) is 5.91 Å². The summed E-state index contributed by atoms with van der Waals surface area (Å²) < 4.78 is 25.1. The molecule has 2 aromatic rings. The Hall–Kier alpha value is -2.10. The first-order valence-electron chi connectivity index (χ1n) is 7.44. The fourth-order valence-corrected chi connectivity index (χ4v) is 3.90. The van der Waals surface area contributed by atoms with Crippen LogP contribution in [0, 0.1) is 0 Å². The van der Waals surface area contributed by atoms with Crippen molar-refractivity contribution >= 4 is 43.4 Å². The van der Waals surface area contributed by atoms with Gasteiger partial charge in [-0.25, -0.2) is 5.14 Å². The summed E-state index contributed by atoms with van der Waals surface area (Å²) in [5.74, 6) is -0.295. The number of phenolic OH excluding ortho intramolecular Hbond substituents is 1. The van der Waals surface area contributed by atoms with Gasteiger partial charge in [0.05, 0.1) is 12.1 Å². The number of nitrogens with two attached hydrogens (primary N) is 1. The Balaban J connectivity index is 1.76. The van der Waals surface area contributed by atoms with Gasteiger partial charge in [-0.15, -0.1) is 0 Å². The van der Waals surface area contributed by atoms with Gasteiger partial charge in [-0.05, 0) is 36.2 Å². The van der Waals surface area contributed by atoms with Crippen molar-refractivity contribution in [1.29, 1.82) is 0 Å². The van der Waals surface area contributed by atoms with Crippen LogP contribution in [0.25, 0.3) is 0 Å². The van der Waals surface area contributed by atoms with Crippen LogP contribution in [0.2, 0.25) is 0 Å². The number of phenols is 1. The van der Waals surface area contributed by atoms with Crippen LogP contribution in [-0.4, -0.2) is 26.0 Å². The van der Waals surface area contributed by atoms with E-state index < -0.39 is 10.2 Å². The standard InChI is InChI=1S/C16H16BrN3O4S/c17-12-3-1-11(15(21)8-12)7-16(22)19-13-4-2-10-5-6-20(14(10)9-13)25(18,23)24/h1-4,8-9,21H,5-7H2,(H,19,22)(H2,18,23,24). The Bertz CT molecular complexity index is 946. The number of hydrogen-bond donors (Lipinski definition) is 3. The number of nitrogens with one attached hydrogen (secondary N) is 1. The summed E-state index contributed by atoms with van der Waals surface area (Å²) in [4.78, 5) is 12.2. The highest BCUT2D eigenvalue weighted by molar-refractivity contribution is 9.10. The maximum Gasteiger partial charge on any atom is 0.299 e. The highest BCUT2D eigenvalue weighted by atomic mass is 79.9. The Morgan fingerprint density at radius 1 is 1.28 bits per heavy atom. The first kappa shape index (κ1) is 17.7. The van der Waals surface area contributed by atoms with Crippen LogP contribution in [0.5, 0.6) is 5.75 Å². The molecule has 132 valence electrons. The van der Waals surface area contributed by atoms with E-state index in [9.17, 15) is 18.3 Å². The molecule has 0 fully saturated rings. The Kier molecular flexibility index (Phi) is 4.72. The minimum atomic E-state index is -3.84. The van der Waals surface area contributed by atoms with Gasteiger partial charge in [0, 0.05) is 22.3 Å². The lowest BCUT2D eigenvalue weighted by Crippen LogP contribution is -2.35. The second-order valence-electron chi connectivity index (χ2n) is 5.71. The molecule has 0 saturated carbocycles. The SMILES string of the molecule is NS(=O)(=O)N1CCc2ccc(NC(=O)Cc3ccc(Br)cc3O)cc21. The molecule has 3 rings (SSSR count). The molecule has 0 radical (unpaired) electrons. The van der Waals surface area contributed by atoms with Crippen molar-refractivity contribution in [2.45, 2.75) is 12.8 Å². The van der Waals surface area contributed by atoms with E-state index in [1.807, 2.05) is 0 Å². The van der Waals surface area contributed by atoms with Crippen LogP contribution in [0.15, 0.2) is 40.9 Å². The van der Waals surface area contributed by atoms with Crippen LogP contribution in [0.1, 0.15) is 11.1 Å². The monoisotopic (exact) mass is 425 g/mol. The maximum absolute atomic E-state index is 12.2. The molecule has 7 nitrogen and oxygen atoms in total. The number of anilines is 2. The summed E-state index contributed by atoms with van der Waals surface area (Å²) in [7, 11) is -3.84. The first-order valence-corrected chi connectivity index (χ1v) is 9.74. The quantitative estimate of drug-likeness (QED) is 0.693. The average molecular weight is 426 g/mol. The molecule has 9 heteroatoms. The molecule has 0 aromatic heterocycles. The van der Waals surface area contributed by atoms with Crippen molar-refractivity contribution in [2.24, 2.45) is 5.14 Å². The number of carbonyl (C=O) groups is 1. The minimum absolute atomic E-state index is 0.00486. The summed E-state index contributed by atoms with van der Waals surface area (Å²) in [6.45, 7) is 0.290. The lowest BCUT2D eigenvalue weighted by molar-refractivity contribution is -0.115. The molecule has 0 spiro atoms. The van der Waals surface area contributed by atoms with Crippen molar-refractivity contribution in [3.8, 4) is 5.75 Å². The van der Waals surface area contributed by atoms with Gasteiger partial charge >= 0.3 is 0 Å². The average Bonchev–Trinajstić information content (AvgIpc) is 2.93. The molecule has 0 saturated heterocycles. The van der Waals surface area contributed by atoms with Gasteiger partial charge < -0.3 is 10.4 Å². The third-order valence-corrected chi connectivity index (χ3v) is 5.41. The van der Waals surface area contributed by atoms with Crippen molar-refractivity contribution in [3.05, 3.63) is 52.0 Å². The van der Waals surface area contributed by atoms with Gasteiger partial charge in [-0.1, -0.05) is 28.1 Å². The molecule has 25 heavy (non-hydrogen) atoms. The molecule has 0 aliphatic carbocycles. The highest BCUT2D eigenvalue weighted by Crippen LogP contribution is 2.32. The van der Waals surface area contributed by atoms with E-state index in [4.69, 9.17) is 5.14 Å². The zero-order chi connectivity index (χ0) is 18.2. The zero-order valence-corrected chi connectivity index (χ0v) is 15.5. The molecule has 1 aliphatic rings. The normalized spacial score (nSPS) is 13.6. The molecule has 0 bridgehead atoms. The van der Waals surface area contributed by atoms with E-state index in [1.165, 1.54) is 6.07 Å². The third-order valence-electron chi connectivity index (χ3n) is 3.93. The van der Waals surface area contributed by atoms with E-state index in [2.05, 4.69) is 21.2 Å². The molecule has 1 heterocycles. The summed E-state index contributed by atoms with van der Waals surface area (Å²) in [5.41, 5.74) is 2.30. The van der Waals surface area contributed by atoms with Crippen LogP contribution < -0.4 is 14.8 Å². The van der Waals surface area contributed by atoms with Crippen LogP contribution in [-0.2, 0) is 27.8 Å². The van der Waals surface area contributed by atoms with E-state index in [0.717, 1.165) is 14.3 Å². The van der Waals surface area contributed by atoms with Crippen molar-refractivity contribution in [2.75, 3.05) is 16.2 Å². The number of nitrogens with zero attached hydrogens (tertiary/aromatic N) is 1. The van der Waals surface area contributed by atoms with Crippen molar-refractivity contribution in [1.82, 2.24) is 0 Å². The van der Waals surface area contributed by atoms with Crippen molar-refractivity contribution < 1.29 is 18.3 Å². The smallest absolute Gasteiger partial charge is 0.299 e. The number of fused-ring (bicyclic) bond motifs is 1. The number of halogens is 1. The maximum atomic E-state index is 12.2. The Morgan fingerprint density at radius 3 is 2.72 bits per heavy atom. The molecule has 1 aliphatic heterocycles. The largest absolute Gasteiger partial charge is 0.508 e. The summed E-state index contributed by atoms with van der Waals surface area (Å²) in [6, 6.07) is 9.98. The number of rotatable bonds is 4. The molecule has 1 amide bonds. The topological polar surface area (TPSA) is 113 Å². The van der Waals surface area contributed by atoms with Crippen LogP contribution >= 0.6 is 15.9 Å². The van der Waals surface area contributed by atoms with E-state index >= 15 is 0 Å². The number of carbonyl (C=O) groups excluding carboxylic acids is 1. The minimum Gasteiger partial charge on any atom is -0.508 e. The predicted molar refractivity (Wildman–Crippen MR) is 98.7 cm³/mol. The van der Waals surface area contributed by atoms with Gasteiger partial charge in [-0.3, -0.25) is 9.10 Å². The molecular formula is C16H16BrN3O4S. The van der Waals surface area contributed by atoms with Crippen molar-refractivity contribution in [3.63, 3.8) is 0 Å². The fourth-order valence-electron chi connectivity index (χ4n) is 2.76. The van der Waals surface area contributed by atoms with E-state index in [-0.39, 0.29) is 18.1 Å². The summed E-state index contributed by atoms with van der Waals surface area (Å²) in [6.07, 6.45) is 0.571. The number of benzene rings is 2. The first-order chi connectivity index (χ1) is 11.7. The van der Waals surface area contributed by atoms with Gasteiger partial charge in [-0.2, -0.15) is 8.42 Å². The molecule has 2 aromatic carbocycles. The van der Waals surface area contributed by atoms with E-state index in [1.54, 1.807) is 30.3 Å². The Morgan fingerprint density at radius 2 is 2.04 bits per heavy atom. The predicted octanol–water partition coefficient (Wildman–Crippen LogP) is 1.90. The number of amides is 1. The second kappa shape index (κ2) is 6.66. The second-order valence-corrected chi connectivity index (χ2v) is 8.09. The molecular weight excluding hydrogens is 410 g/mol. The lowest BCUT2D eigenvalue weighted by atomic mass is 10.1. The van der Waals surface area contributed by atoms with Crippen LogP contribution in [0.3, 0.4) is 0 Å². The molecule has 0 unspecified atom stereocenters. The Labute approximate surface area is 153 Å². The number of aromatic hydroxyl groups is 1. The van der Waals surface area contributed by atoms with Crippen LogP contribution in [0.4, 0.5) is 11.4 Å². The third kappa shape index (κ3) is 3.94. The van der Waals surface area contributed by atoms with E-state index in [0.29, 0.717) is 29.9 Å².